The number of hydrogen-bond donors (Lipinski definition) is 1. The number of carbonyl (C=O) groups excluding carboxylic acids is 1. The molecule has 3 nitrogen and oxygen atoms in total. The highest BCUT2D eigenvalue weighted by atomic mass is 79.9. The Morgan fingerprint density at radius 3 is 2.88 bits per heavy atom. The van der Waals surface area contributed by atoms with Crippen LogP contribution in [0.15, 0.2) is 0 Å². The lowest BCUT2D eigenvalue weighted by atomic mass is 9.89. The lowest BCUT2D eigenvalue weighted by Gasteiger charge is -2.26. The molecule has 1 saturated heterocycles. The standard InChI is InChI=1S/C12H20BrNO2/c13-10-4-1-3-9(7-10)8-14-12(15)11-5-2-6-16-11/h9-11H,1-8H2,(H,14,15). The van der Waals surface area contributed by atoms with Gasteiger partial charge in [-0.25, -0.2) is 0 Å². The molecule has 3 atom stereocenters. The fraction of sp³-hybridized carbons (Fsp3) is 0.917. The molecule has 1 aliphatic carbocycles. The van der Waals surface area contributed by atoms with Crippen LogP contribution in [-0.4, -0.2) is 30.0 Å². The molecule has 1 heterocycles. The summed E-state index contributed by atoms with van der Waals surface area (Å²) in [5, 5.41) is 3.03. The third-order valence-electron chi connectivity index (χ3n) is 3.51. The van der Waals surface area contributed by atoms with Gasteiger partial charge in [0.2, 0.25) is 5.91 Å². The fourth-order valence-electron chi connectivity index (χ4n) is 2.55. The minimum Gasteiger partial charge on any atom is -0.368 e. The molecule has 0 aromatic carbocycles. The van der Waals surface area contributed by atoms with Gasteiger partial charge in [-0.2, -0.15) is 0 Å². The summed E-state index contributed by atoms with van der Waals surface area (Å²) in [6, 6.07) is 0. The van der Waals surface area contributed by atoms with E-state index in [2.05, 4.69) is 21.2 Å². The van der Waals surface area contributed by atoms with E-state index in [0.29, 0.717) is 10.7 Å². The van der Waals surface area contributed by atoms with E-state index in [1.54, 1.807) is 0 Å². The van der Waals surface area contributed by atoms with E-state index in [1.165, 1.54) is 25.7 Å². The second-order valence-corrected chi connectivity index (χ2v) is 6.17. The predicted molar refractivity (Wildman–Crippen MR) is 66.7 cm³/mol. The average molecular weight is 290 g/mol. The molecular formula is C12H20BrNO2. The quantitative estimate of drug-likeness (QED) is 0.810. The van der Waals surface area contributed by atoms with Crippen LogP contribution < -0.4 is 5.32 Å². The van der Waals surface area contributed by atoms with E-state index in [0.717, 1.165) is 26.0 Å². The molecule has 1 N–H and O–H groups in total. The molecule has 3 unspecified atom stereocenters. The third kappa shape index (κ3) is 3.45. The zero-order valence-electron chi connectivity index (χ0n) is 9.58. The SMILES string of the molecule is O=C(NCC1CCCC(Br)C1)C1CCCO1. The van der Waals surface area contributed by atoms with Crippen LogP contribution >= 0.6 is 15.9 Å². The molecular weight excluding hydrogens is 270 g/mol. The Hall–Kier alpha value is -0.0900. The summed E-state index contributed by atoms with van der Waals surface area (Å²) >= 11 is 3.66. The van der Waals surface area contributed by atoms with Crippen LogP contribution in [0.25, 0.3) is 0 Å². The monoisotopic (exact) mass is 289 g/mol. The molecule has 1 aliphatic heterocycles. The van der Waals surface area contributed by atoms with E-state index in [4.69, 9.17) is 4.74 Å². The molecule has 92 valence electrons. The molecule has 1 amide bonds. The van der Waals surface area contributed by atoms with Gasteiger partial charge in [-0.15, -0.1) is 0 Å². The first-order valence-corrected chi connectivity index (χ1v) is 7.20. The van der Waals surface area contributed by atoms with Crippen LogP contribution in [0.3, 0.4) is 0 Å². The van der Waals surface area contributed by atoms with Gasteiger partial charge in [-0.1, -0.05) is 22.4 Å². The average Bonchev–Trinajstić information content (AvgIpc) is 2.79. The number of nitrogens with one attached hydrogen (secondary N) is 1. The highest BCUT2D eigenvalue weighted by Gasteiger charge is 2.25. The Bertz CT molecular complexity index is 241. The summed E-state index contributed by atoms with van der Waals surface area (Å²) in [6.07, 6.45) is 6.71. The van der Waals surface area contributed by atoms with E-state index in [1.807, 2.05) is 0 Å². The molecule has 0 radical (unpaired) electrons. The van der Waals surface area contributed by atoms with Crippen molar-refractivity contribution in [3.8, 4) is 0 Å². The highest BCUT2D eigenvalue weighted by molar-refractivity contribution is 9.09. The maximum atomic E-state index is 11.7. The first kappa shape index (κ1) is 12.4. The van der Waals surface area contributed by atoms with Crippen molar-refractivity contribution in [2.45, 2.75) is 49.5 Å². The van der Waals surface area contributed by atoms with Gasteiger partial charge in [0.1, 0.15) is 6.10 Å². The number of hydrogen-bond acceptors (Lipinski definition) is 2. The number of rotatable bonds is 3. The van der Waals surface area contributed by atoms with Gasteiger partial charge in [-0.3, -0.25) is 4.79 Å². The summed E-state index contributed by atoms with van der Waals surface area (Å²) in [5.41, 5.74) is 0. The molecule has 2 rings (SSSR count). The van der Waals surface area contributed by atoms with E-state index < -0.39 is 0 Å². The van der Waals surface area contributed by atoms with Gasteiger partial charge in [-0.05, 0) is 38.0 Å². The van der Waals surface area contributed by atoms with Crippen molar-refractivity contribution in [2.24, 2.45) is 5.92 Å². The fourth-order valence-corrected chi connectivity index (χ4v) is 3.41. The topological polar surface area (TPSA) is 38.3 Å². The molecule has 16 heavy (non-hydrogen) atoms. The zero-order chi connectivity index (χ0) is 11.4. The minimum atomic E-state index is -0.177. The molecule has 0 bridgehead atoms. The number of ether oxygens (including phenoxy) is 1. The molecule has 1 saturated carbocycles. The molecule has 0 spiro atoms. The zero-order valence-corrected chi connectivity index (χ0v) is 11.2. The van der Waals surface area contributed by atoms with Crippen LogP contribution in [0.5, 0.6) is 0 Å². The van der Waals surface area contributed by atoms with Crippen molar-refractivity contribution in [2.75, 3.05) is 13.2 Å². The molecule has 0 aromatic rings. The van der Waals surface area contributed by atoms with E-state index in [-0.39, 0.29) is 12.0 Å². The Morgan fingerprint density at radius 2 is 2.19 bits per heavy atom. The van der Waals surface area contributed by atoms with Gasteiger partial charge in [0.25, 0.3) is 0 Å². The van der Waals surface area contributed by atoms with Crippen LogP contribution in [0.1, 0.15) is 38.5 Å². The van der Waals surface area contributed by atoms with Crippen LogP contribution in [0, 0.1) is 5.92 Å². The largest absolute Gasteiger partial charge is 0.368 e. The van der Waals surface area contributed by atoms with E-state index >= 15 is 0 Å². The van der Waals surface area contributed by atoms with Gasteiger partial charge in [0, 0.05) is 18.0 Å². The lowest BCUT2D eigenvalue weighted by molar-refractivity contribution is -0.130. The Morgan fingerprint density at radius 1 is 1.31 bits per heavy atom. The third-order valence-corrected chi connectivity index (χ3v) is 4.34. The maximum absolute atomic E-state index is 11.7. The molecule has 0 aromatic heterocycles. The first-order valence-electron chi connectivity index (χ1n) is 6.29. The van der Waals surface area contributed by atoms with Gasteiger partial charge in [0.15, 0.2) is 0 Å². The van der Waals surface area contributed by atoms with Crippen molar-refractivity contribution >= 4 is 21.8 Å². The highest BCUT2D eigenvalue weighted by Crippen LogP contribution is 2.28. The second-order valence-electron chi connectivity index (χ2n) is 4.88. The Kier molecular flexibility index (Phi) is 4.65. The number of amides is 1. The first-order chi connectivity index (χ1) is 7.75. The predicted octanol–water partition coefficient (Wildman–Crippen LogP) is 2.24. The summed E-state index contributed by atoms with van der Waals surface area (Å²) in [7, 11) is 0. The Labute approximate surface area is 105 Å². The molecule has 4 heteroatoms. The van der Waals surface area contributed by atoms with E-state index in [9.17, 15) is 4.79 Å². The molecule has 2 aliphatic rings. The van der Waals surface area contributed by atoms with Crippen LogP contribution in [-0.2, 0) is 9.53 Å². The van der Waals surface area contributed by atoms with Gasteiger partial charge < -0.3 is 10.1 Å². The number of carbonyl (C=O) groups is 1. The van der Waals surface area contributed by atoms with Crippen molar-refractivity contribution in [1.29, 1.82) is 0 Å². The van der Waals surface area contributed by atoms with Gasteiger partial charge in [0.05, 0.1) is 0 Å². The van der Waals surface area contributed by atoms with Crippen molar-refractivity contribution in [3.05, 3.63) is 0 Å². The summed E-state index contributed by atoms with van der Waals surface area (Å²) in [5.74, 6) is 0.734. The van der Waals surface area contributed by atoms with Crippen molar-refractivity contribution in [3.63, 3.8) is 0 Å². The summed E-state index contributed by atoms with van der Waals surface area (Å²) < 4.78 is 5.35. The maximum Gasteiger partial charge on any atom is 0.249 e. The number of halogens is 1. The second kappa shape index (κ2) is 6.01. The lowest BCUT2D eigenvalue weighted by Crippen LogP contribution is -2.38. The smallest absolute Gasteiger partial charge is 0.249 e. The summed E-state index contributed by atoms with van der Waals surface area (Å²) in [4.78, 5) is 12.4. The van der Waals surface area contributed by atoms with Crippen molar-refractivity contribution < 1.29 is 9.53 Å². The summed E-state index contributed by atoms with van der Waals surface area (Å²) in [6.45, 7) is 1.56. The van der Waals surface area contributed by atoms with Crippen LogP contribution in [0.4, 0.5) is 0 Å². The number of alkyl halides is 1. The van der Waals surface area contributed by atoms with Gasteiger partial charge >= 0.3 is 0 Å². The Balaban J connectivity index is 1.67. The minimum absolute atomic E-state index is 0.0918. The molecule has 2 fully saturated rings. The normalized spacial score (nSPS) is 34.9. The van der Waals surface area contributed by atoms with Crippen LogP contribution in [0.2, 0.25) is 0 Å². The van der Waals surface area contributed by atoms with Crippen molar-refractivity contribution in [1.82, 2.24) is 5.32 Å².